The average molecular weight is 375 g/mol. The predicted octanol–water partition coefficient (Wildman–Crippen LogP) is 1.56. The van der Waals surface area contributed by atoms with Gasteiger partial charge in [0.25, 0.3) is 0 Å². The number of halogens is 1. The van der Waals surface area contributed by atoms with Crippen LogP contribution in [-0.4, -0.2) is 31.9 Å². The van der Waals surface area contributed by atoms with Gasteiger partial charge in [0.15, 0.2) is 5.65 Å². The maximum absolute atomic E-state index is 13.2. The highest BCUT2D eigenvalue weighted by Gasteiger charge is 2.36. The molecule has 0 saturated carbocycles. The van der Waals surface area contributed by atoms with Crippen LogP contribution in [0.1, 0.15) is 17.2 Å². The maximum Gasteiger partial charge on any atom is 0.492 e. The van der Waals surface area contributed by atoms with Gasteiger partial charge in [0.05, 0.1) is 11.5 Å². The largest absolute Gasteiger partial charge is 0.492 e. The lowest BCUT2D eigenvalue weighted by Crippen LogP contribution is -2.28. The Bertz CT molecular complexity index is 1210. The molecule has 3 N–H and O–H groups in total. The van der Waals surface area contributed by atoms with E-state index in [4.69, 9.17) is 10.4 Å². The second-order valence-electron chi connectivity index (χ2n) is 6.69. The summed E-state index contributed by atoms with van der Waals surface area (Å²) in [5.41, 5.74) is 10.3. The summed E-state index contributed by atoms with van der Waals surface area (Å²) >= 11 is 0. The van der Waals surface area contributed by atoms with Crippen molar-refractivity contribution < 1.29 is 14.1 Å². The smallest absolute Gasteiger partial charge is 0.423 e. The summed E-state index contributed by atoms with van der Waals surface area (Å²) in [5, 5.41) is 15.6. The number of aromatic nitrogens is 4. The Morgan fingerprint density at radius 1 is 1.18 bits per heavy atom. The molecule has 9 heteroatoms. The Balaban J connectivity index is 1.63. The van der Waals surface area contributed by atoms with Crippen molar-refractivity contribution in [3.63, 3.8) is 0 Å². The minimum Gasteiger partial charge on any atom is -0.423 e. The van der Waals surface area contributed by atoms with Gasteiger partial charge in [-0.25, -0.2) is 19.0 Å². The fraction of sp³-hybridized carbons (Fsp3) is 0.105. The number of hydrogen-bond acceptors (Lipinski definition) is 6. The summed E-state index contributed by atoms with van der Waals surface area (Å²) in [6, 6.07) is 11.7. The molecule has 3 heterocycles. The third kappa shape index (κ3) is 2.48. The number of anilines is 1. The third-order valence-electron chi connectivity index (χ3n) is 5.00. The molecule has 2 aromatic heterocycles. The number of nitrogens with two attached hydrogens (primary N) is 1. The predicted molar refractivity (Wildman–Crippen MR) is 103 cm³/mol. The molecule has 0 saturated heterocycles. The van der Waals surface area contributed by atoms with Crippen LogP contribution in [0.3, 0.4) is 0 Å². The number of rotatable bonds is 2. The lowest BCUT2D eigenvalue weighted by molar-refractivity contribution is 0.226. The van der Waals surface area contributed by atoms with Crippen LogP contribution in [0.4, 0.5) is 10.2 Å². The van der Waals surface area contributed by atoms with Crippen LogP contribution in [0.25, 0.3) is 22.3 Å². The average Bonchev–Trinajstić information content (AvgIpc) is 3.21. The first-order chi connectivity index (χ1) is 13.5. The second kappa shape index (κ2) is 6.11. The molecule has 0 radical (unpaired) electrons. The molecule has 1 atom stereocenters. The molecule has 138 valence electrons. The second-order valence-corrected chi connectivity index (χ2v) is 6.69. The highest BCUT2D eigenvalue weighted by Crippen LogP contribution is 2.34. The van der Waals surface area contributed by atoms with E-state index in [0.29, 0.717) is 28.0 Å². The number of aryl methyl sites for hydroxylation is 1. The third-order valence-corrected chi connectivity index (χ3v) is 5.00. The van der Waals surface area contributed by atoms with Crippen molar-refractivity contribution >= 4 is 29.4 Å². The summed E-state index contributed by atoms with van der Waals surface area (Å²) in [5.74, 6) is 0.0225. The molecule has 4 aromatic rings. The molecule has 0 spiro atoms. The monoisotopic (exact) mass is 375 g/mol. The fourth-order valence-electron chi connectivity index (χ4n) is 3.66. The first-order valence-electron chi connectivity index (χ1n) is 8.69. The molecule has 1 aliphatic heterocycles. The van der Waals surface area contributed by atoms with Crippen molar-refractivity contribution in [1.29, 1.82) is 0 Å². The van der Waals surface area contributed by atoms with Crippen LogP contribution in [0.15, 0.2) is 48.8 Å². The Labute approximate surface area is 159 Å². The van der Waals surface area contributed by atoms with E-state index in [1.807, 2.05) is 18.2 Å². The van der Waals surface area contributed by atoms with Gasteiger partial charge in [0, 0.05) is 12.6 Å². The highest BCUT2D eigenvalue weighted by atomic mass is 19.1. The van der Waals surface area contributed by atoms with Gasteiger partial charge in [-0.1, -0.05) is 30.3 Å². The molecule has 0 bridgehead atoms. The lowest BCUT2D eigenvalue weighted by atomic mass is 9.78. The molecule has 1 aliphatic rings. The van der Waals surface area contributed by atoms with Crippen molar-refractivity contribution in [3.05, 3.63) is 65.7 Å². The van der Waals surface area contributed by atoms with E-state index in [-0.39, 0.29) is 5.82 Å². The van der Waals surface area contributed by atoms with Crippen molar-refractivity contribution in [2.45, 2.75) is 6.10 Å². The molecule has 2 aromatic carbocycles. The molecule has 28 heavy (non-hydrogen) atoms. The van der Waals surface area contributed by atoms with E-state index < -0.39 is 13.2 Å². The Morgan fingerprint density at radius 3 is 2.75 bits per heavy atom. The minimum atomic E-state index is -1.09. The summed E-state index contributed by atoms with van der Waals surface area (Å²) in [6.45, 7) is 0. The quantitative estimate of drug-likeness (QED) is 0.516. The van der Waals surface area contributed by atoms with E-state index in [1.54, 1.807) is 23.9 Å². The van der Waals surface area contributed by atoms with Crippen molar-refractivity contribution in [2.75, 3.05) is 5.73 Å². The van der Waals surface area contributed by atoms with E-state index >= 15 is 0 Å². The van der Waals surface area contributed by atoms with E-state index in [2.05, 4.69) is 15.1 Å². The molecule has 0 amide bonds. The van der Waals surface area contributed by atoms with Crippen molar-refractivity contribution in [3.8, 4) is 11.3 Å². The van der Waals surface area contributed by atoms with Gasteiger partial charge in [0.1, 0.15) is 23.7 Å². The fourth-order valence-corrected chi connectivity index (χ4v) is 3.66. The van der Waals surface area contributed by atoms with Gasteiger partial charge in [-0.05, 0) is 28.7 Å². The Morgan fingerprint density at radius 2 is 1.96 bits per heavy atom. The Hall–Kier alpha value is -3.30. The van der Waals surface area contributed by atoms with Crippen LogP contribution in [0.5, 0.6) is 0 Å². The number of fused-ring (bicyclic) bond motifs is 2. The van der Waals surface area contributed by atoms with Crippen LogP contribution < -0.4 is 11.2 Å². The Kier molecular flexibility index (Phi) is 3.68. The zero-order valence-corrected chi connectivity index (χ0v) is 14.9. The minimum absolute atomic E-state index is 0.320. The molecule has 5 rings (SSSR count). The van der Waals surface area contributed by atoms with E-state index in [9.17, 15) is 9.41 Å². The SMILES string of the molecule is Cn1nc(-c2ccc3c(c2)B(O)OC3c2ccc(F)cc2)c2c(N)ncnc21. The number of hydrogen-bond donors (Lipinski definition) is 2. The highest BCUT2D eigenvalue weighted by molar-refractivity contribution is 6.62. The van der Waals surface area contributed by atoms with E-state index in [0.717, 1.165) is 16.7 Å². The van der Waals surface area contributed by atoms with Gasteiger partial charge in [0.2, 0.25) is 0 Å². The van der Waals surface area contributed by atoms with E-state index in [1.165, 1.54) is 18.5 Å². The van der Waals surface area contributed by atoms with Gasteiger partial charge >= 0.3 is 7.12 Å². The molecule has 7 nitrogen and oxygen atoms in total. The first-order valence-corrected chi connectivity index (χ1v) is 8.69. The summed E-state index contributed by atoms with van der Waals surface area (Å²) in [4.78, 5) is 8.30. The lowest BCUT2D eigenvalue weighted by Gasteiger charge is -2.13. The standard InChI is InChI=1S/C19H15BFN5O2/c1-26-19-15(18(22)23-9-24-19)16(25-26)11-4-7-13-14(8-11)20(27)28-17(13)10-2-5-12(21)6-3-10/h2-9,17,27H,1H3,(H2,22,23,24). The zero-order valence-electron chi connectivity index (χ0n) is 14.9. The van der Waals surface area contributed by atoms with Crippen LogP contribution in [0, 0.1) is 5.82 Å². The topological polar surface area (TPSA) is 99.1 Å². The van der Waals surface area contributed by atoms with Gasteiger partial charge in [-0.15, -0.1) is 0 Å². The summed E-state index contributed by atoms with van der Waals surface area (Å²) in [7, 11) is 0.697. The van der Waals surface area contributed by atoms with Crippen LogP contribution in [0.2, 0.25) is 0 Å². The van der Waals surface area contributed by atoms with Gasteiger partial charge < -0.3 is 15.4 Å². The van der Waals surface area contributed by atoms with Gasteiger partial charge in [-0.3, -0.25) is 0 Å². The van der Waals surface area contributed by atoms with Crippen molar-refractivity contribution in [2.24, 2.45) is 7.05 Å². The van der Waals surface area contributed by atoms with Crippen LogP contribution >= 0.6 is 0 Å². The number of benzene rings is 2. The molecular formula is C19H15BFN5O2. The zero-order chi connectivity index (χ0) is 19.4. The molecule has 1 unspecified atom stereocenters. The summed E-state index contributed by atoms with van der Waals surface area (Å²) < 4.78 is 20.6. The molecule has 0 aliphatic carbocycles. The molecular weight excluding hydrogens is 360 g/mol. The maximum atomic E-state index is 13.2. The normalized spacial score (nSPS) is 16.0. The first kappa shape index (κ1) is 16.8. The van der Waals surface area contributed by atoms with Crippen molar-refractivity contribution in [1.82, 2.24) is 19.7 Å². The number of nitrogen functional groups attached to an aromatic ring is 1. The molecule has 0 fully saturated rings. The van der Waals surface area contributed by atoms with Gasteiger partial charge in [-0.2, -0.15) is 5.10 Å². The number of nitrogens with zero attached hydrogens (tertiary/aromatic N) is 4. The summed E-state index contributed by atoms with van der Waals surface area (Å²) in [6.07, 6.45) is 0.935. The van der Waals surface area contributed by atoms with Crippen LogP contribution in [-0.2, 0) is 11.7 Å².